The van der Waals surface area contributed by atoms with Crippen LogP contribution in [0.15, 0.2) is 69.6 Å². The Morgan fingerprint density at radius 1 is 1.04 bits per heavy atom. The number of para-hydroxylation sites is 1. The van der Waals surface area contributed by atoms with Gasteiger partial charge in [0.25, 0.3) is 5.91 Å². The minimum Gasteiger partial charge on any atom is -0.450 e. The summed E-state index contributed by atoms with van der Waals surface area (Å²) in [5.41, 5.74) is 1.33. The zero-order valence-corrected chi connectivity index (χ0v) is 14.1. The van der Waals surface area contributed by atoms with Crippen LogP contribution in [0.1, 0.15) is 27.7 Å². The first kappa shape index (κ1) is 15.0. The van der Waals surface area contributed by atoms with Gasteiger partial charge < -0.3 is 4.42 Å². The summed E-state index contributed by atoms with van der Waals surface area (Å²) in [5.74, 6) is -0.287. The molecule has 1 aliphatic rings. The van der Waals surface area contributed by atoms with E-state index in [2.05, 4.69) is 9.97 Å². The van der Waals surface area contributed by atoms with Crippen LogP contribution in [-0.2, 0) is 0 Å². The fraction of sp³-hybridized carbons (Fsp3) is 0.0526. The molecule has 0 bridgehead atoms. The van der Waals surface area contributed by atoms with Gasteiger partial charge in [-0.3, -0.25) is 19.5 Å². The van der Waals surface area contributed by atoms with Crippen molar-refractivity contribution < 1.29 is 9.21 Å². The van der Waals surface area contributed by atoms with Crippen LogP contribution in [0.25, 0.3) is 11.0 Å². The normalized spacial score (nSPS) is 16.2. The number of aromatic nitrogens is 2. The van der Waals surface area contributed by atoms with E-state index in [1.54, 1.807) is 60.4 Å². The van der Waals surface area contributed by atoms with Gasteiger partial charge in [-0.2, -0.15) is 0 Å². The van der Waals surface area contributed by atoms with Crippen molar-refractivity contribution in [2.24, 2.45) is 0 Å². The zero-order valence-electron chi connectivity index (χ0n) is 13.3. The van der Waals surface area contributed by atoms with E-state index in [0.29, 0.717) is 21.7 Å². The van der Waals surface area contributed by atoms with Crippen LogP contribution >= 0.6 is 11.3 Å². The van der Waals surface area contributed by atoms with E-state index in [0.717, 1.165) is 5.56 Å². The van der Waals surface area contributed by atoms with E-state index in [-0.39, 0.29) is 17.1 Å². The first-order chi connectivity index (χ1) is 12.8. The Balaban J connectivity index is 1.85. The van der Waals surface area contributed by atoms with Crippen LogP contribution in [0, 0.1) is 0 Å². The van der Waals surface area contributed by atoms with Gasteiger partial charge in [0.2, 0.25) is 5.76 Å². The van der Waals surface area contributed by atoms with Crippen LogP contribution in [0.3, 0.4) is 0 Å². The topological polar surface area (TPSA) is 76.3 Å². The smallest absolute Gasteiger partial charge is 0.297 e. The molecule has 1 aromatic carbocycles. The third-order valence-electron chi connectivity index (χ3n) is 4.42. The Bertz CT molecular complexity index is 1190. The summed E-state index contributed by atoms with van der Waals surface area (Å²) in [6.45, 7) is 0. The molecule has 0 N–H and O–H groups in total. The minimum absolute atomic E-state index is 0.0747. The zero-order chi connectivity index (χ0) is 17.7. The van der Waals surface area contributed by atoms with Gasteiger partial charge in [0.05, 0.1) is 17.0 Å². The second kappa shape index (κ2) is 5.60. The molecular formula is C19H11N3O3S. The molecule has 126 valence electrons. The van der Waals surface area contributed by atoms with E-state index in [1.165, 1.54) is 16.2 Å². The van der Waals surface area contributed by atoms with Crippen molar-refractivity contribution in [2.45, 2.75) is 6.04 Å². The molecule has 0 unspecified atom stereocenters. The molecular weight excluding hydrogens is 350 g/mol. The van der Waals surface area contributed by atoms with Crippen molar-refractivity contribution in [3.8, 4) is 0 Å². The number of benzene rings is 1. The van der Waals surface area contributed by atoms with Gasteiger partial charge in [-0.05, 0) is 29.8 Å². The van der Waals surface area contributed by atoms with Crippen LogP contribution in [0.5, 0.6) is 0 Å². The summed E-state index contributed by atoms with van der Waals surface area (Å²) in [6.07, 6.45) is 4.91. The molecule has 0 aliphatic carbocycles. The summed E-state index contributed by atoms with van der Waals surface area (Å²) < 4.78 is 5.85. The number of amides is 1. The highest BCUT2D eigenvalue weighted by Gasteiger charge is 2.44. The molecule has 0 saturated heterocycles. The molecule has 4 heterocycles. The third-order valence-corrected chi connectivity index (χ3v) is 5.20. The molecule has 0 radical (unpaired) electrons. The monoisotopic (exact) mass is 361 g/mol. The molecule has 0 spiro atoms. The van der Waals surface area contributed by atoms with Gasteiger partial charge in [0, 0.05) is 24.0 Å². The molecule has 1 aliphatic heterocycles. The molecule has 0 saturated carbocycles. The molecule has 3 aromatic heterocycles. The number of nitrogens with zero attached hydrogens (tertiary/aromatic N) is 3. The number of fused-ring (bicyclic) bond motifs is 2. The summed E-state index contributed by atoms with van der Waals surface area (Å²) in [7, 11) is 0. The van der Waals surface area contributed by atoms with E-state index in [4.69, 9.17) is 4.42 Å². The van der Waals surface area contributed by atoms with Crippen LogP contribution in [0.4, 0.5) is 5.13 Å². The standard InChI is InChI=1S/C19H11N3O3S/c23-16-12-3-1-2-4-13(12)25-17-14(16)15(11-5-7-20-8-6-11)22(18(17)24)19-21-9-10-26-19/h1-10,15H/t15-/m1/s1. The van der Waals surface area contributed by atoms with Gasteiger partial charge >= 0.3 is 0 Å². The first-order valence-corrected chi connectivity index (χ1v) is 8.82. The maximum Gasteiger partial charge on any atom is 0.297 e. The molecule has 6 nitrogen and oxygen atoms in total. The molecule has 26 heavy (non-hydrogen) atoms. The fourth-order valence-corrected chi connectivity index (χ4v) is 3.98. The predicted molar refractivity (Wildman–Crippen MR) is 97.5 cm³/mol. The van der Waals surface area contributed by atoms with E-state index >= 15 is 0 Å². The Morgan fingerprint density at radius 3 is 2.62 bits per heavy atom. The predicted octanol–water partition coefficient (Wildman–Crippen LogP) is 3.39. The molecule has 4 aromatic rings. The largest absolute Gasteiger partial charge is 0.450 e. The van der Waals surface area contributed by atoms with Crippen molar-refractivity contribution in [1.82, 2.24) is 9.97 Å². The summed E-state index contributed by atoms with van der Waals surface area (Å²) in [6, 6.07) is 9.95. The maximum atomic E-state index is 13.2. The number of carbonyl (C=O) groups excluding carboxylic acids is 1. The number of carbonyl (C=O) groups is 1. The lowest BCUT2D eigenvalue weighted by atomic mass is 10.00. The van der Waals surface area contributed by atoms with Gasteiger partial charge in [0.1, 0.15) is 5.58 Å². The molecule has 1 atom stereocenters. The van der Waals surface area contributed by atoms with E-state index < -0.39 is 6.04 Å². The van der Waals surface area contributed by atoms with E-state index in [9.17, 15) is 9.59 Å². The number of hydrogen-bond donors (Lipinski definition) is 0. The lowest BCUT2D eigenvalue weighted by Crippen LogP contribution is -2.29. The lowest BCUT2D eigenvalue weighted by molar-refractivity contribution is 0.0971. The van der Waals surface area contributed by atoms with Gasteiger partial charge in [-0.25, -0.2) is 4.98 Å². The van der Waals surface area contributed by atoms with Crippen molar-refractivity contribution in [1.29, 1.82) is 0 Å². The second-order valence-corrected chi connectivity index (χ2v) is 6.72. The van der Waals surface area contributed by atoms with Crippen molar-refractivity contribution in [3.05, 3.63) is 87.5 Å². The number of rotatable bonds is 2. The van der Waals surface area contributed by atoms with Crippen LogP contribution < -0.4 is 10.3 Å². The second-order valence-electron chi connectivity index (χ2n) is 5.84. The Kier molecular flexibility index (Phi) is 3.23. The average Bonchev–Trinajstić information content (AvgIpc) is 3.30. The first-order valence-electron chi connectivity index (χ1n) is 7.94. The highest BCUT2D eigenvalue weighted by Crippen LogP contribution is 2.41. The Labute approximate surface area is 151 Å². The summed E-state index contributed by atoms with van der Waals surface area (Å²) >= 11 is 1.34. The number of pyridine rings is 1. The average molecular weight is 361 g/mol. The Morgan fingerprint density at radius 2 is 1.85 bits per heavy atom. The summed E-state index contributed by atoms with van der Waals surface area (Å²) in [5, 5.41) is 2.77. The summed E-state index contributed by atoms with van der Waals surface area (Å²) in [4.78, 5) is 36.1. The highest BCUT2D eigenvalue weighted by atomic mass is 32.1. The SMILES string of the molecule is O=C1c2oc3ccccc3c(=O)c2[C@@H](c2ccncc2)N1c1nccs1. The molecule has 7 heteroatoms. The van der Waals surface area contributed by atoms with Crippen molar-refractivity contribution in [2.75, 3.05) is 4.90 Å². The van der Waals surface area contributed by atoms with E-state index in [1.807, 2.05) is 0 Å². The molecule has 1 amide bonds. The fourth-order valence-electron chi connectivity index (χ4n) is 3.31. The van der Waals surface area contributed by atoms with Crippen molar-refractivity contribution in [3.63, 3.8) is 0 Å². The van der Waals surface area contributed by atoms with Crippen LogP contribution in [0.2, 0.25) is 0 Å². The highest BCUT2D eigenvalue weighted by molar-refractivity contribution is 7.13. The van der Waals surface area contributed by atoms with Gasteiger partial charge in [-0.15, -0.1) is 11.3 Å². The van der Waals surface area contributed by atoms with Crippen molar-refractivity contribution >= 4 is 33.3 Å². The molecule has 5 rings (SSSR count). The lowest BCUT2D eigenvalue weighted by Gasteiger charge is -2.22. The van der Waals surface area contributed by atoms with Gasteiger partial charge in [-0.1, -0.05) is 12.1 Å². The quantitative estimate of drug-likeness (QED) is 0.547. The molecule has 0 fully saturated rings. The number of hydrogen-bond acceptors (Lipinski definition) is 6. The minimum atomic E-state index is -0.590. The Hall–Kier alpha value is -3.32. The van der Waals surface area contributed by atoms with Crippen LogP contribution in [-0.4, -0.2) is 15.9 Å². The van der Waals surface area contributed by atoms with Gasteiger partial charge in [0.15, 0.2) is 10.6 Å². The third kappa shape index (κ3) is 2.04. The number of thiazole rings is 1. The maximum absolute atomic E-state index is 13.2. The number of anilines is 1.